The van der Waals surface area contributed by atoms with Gasteiger partial charge in [-0.05, 0) is 48.9 Å². The lowest BCUT2D eigenvalue weighted by molar-refractivity contribution is -0.120. The number of carbonyl (C=O) groups excluding carboxylic acids is 1. The van der Waals surface area contributed by atoms with E-state index in [9.17, 15) is 13.2 Å². The van der Waals surface area contributed by atoms with Crippen LogP contribution in [-0.4, -0.2) is 44.5 Å². The van der Waals surface area contributed by atoms with E-state index in [1.807, 2.05) is 17.5 Å². The quantitative estimate of drug-likeness (QED) is 0.549. The van der Waals surface area contributed by atoms with Crippen molar-refractivity contribution in [3.05, 3.63) is 46.2 Å². The molecule has 28 heavy (non-hydrogen) atoms. The lowest BCUT2D eigenvalue weighted by Crippen LogP contribution is -2.36. The predicted octanol–water partition coefficient (Wildman–Crippen LogP) is 3.22. The third kappa shape index (κ3) is 5.18. The van der Waals surface area contributed by atoms with Crippen LogP contribution in [0.5, 0.6) is 0 Å². The van der Waals surface area contributed by atoms with Gasteiger partial charge in [-0.1, -0.05) is 23.7 Å². The lowest BCUT2D eigenvalue weighted by atomic mass is 10.2. The summed E-state index contributed by atoms with van der Waals surface area (Å²) in [6.45, 7) is 2.57. The van der Waals surface area contributed by atoms with Gasteiger partial charge in [0.15, 0.2) is 6.61 Å². The van der Waals surface area contributed by atoms with E-state index in [2.05, 4.69) is 10.5 Å². The summed E-state index contributed by atoms with van der Waals surface area (Å²) in [5.74, 6) is -0.409. The Labute approximate surface area is 169 Å². The number of hydrogen-bond acceptors (Lipinski definition) is 6. The minimum absolute atomic E-state index is 0.226. The number of carbonyl (C=O) groups is 1. The molecule has 1 fully saturated rings. The molecule has 0 spiro atoms. The number of nitrogens with zero attached hydrogens (tertiary/aromatic N) is 2. The van der Waals surface area contributed by atoms with Crippen molar-refractivity contribution in [3.63, 3.8) is 0 Å². The van der Waals surface area contributed by atoms with E-state index in [-0.39, 0.29) is 11.5 Å². The maximum Gasteiger partial charge on any atom is 0.265 e. The number of thiophene rings is 1. The van der Waals surface area contributed by atoms with E-state index >= 15 is 0 Å². The van der Waals surface area contributed by atoms with Crippen molar-refractivity contribution in [2.75, 3.05) is 25.0 Å². The first-order valence-corrected chi connectivity index (χ1v) is 11.4. The Morgan fingerprint density at radius 2 is 2.07 bits per heavy atom. The van der Waals surface area contributed by atoms with Gasteiger partial charge in [-0.15, -0.1) is 11.3 Å². The molecule has 1 amide bonds. The number of oxime groups is 1. The van der Waals surface area contributed by atoms with Crippen LogP contribution in [0, 0.1) is 6.92 Å². The van der Waals surface area contributed by atoms with Crippen LogP contribution in [0.1, 0.15) is 29.7 Å². The molecule has 1 aromatic heterocycles. The maximum absolute atomic E-state index is 12.9. The van der Waals surface area contributed by atoms with Gasteiger partial charge in [0.25, 0.3) is 5.91 Å². The number of hydrogen-bond donors (Lipinski definition) is 1. The molecule has 7 nitrogen and oxygen atoms in total. The Morgan fingerprint density at radius 1 is 1.29 bits per heavy atom. The van der Waals surface area contributed by atoms with Gasteiger partial charge in [-0.3, -0.25) is 4.79 Å². The second kappa shape index (κ2) is 9.31. The average molecular weight is 422 g/mol. The molecule has 0 saturated carbocycles. The van der Waals surface area contributed by atoms with Crippen LogP contribution in [0.4, 0.5) is 5.69 Å². The second-order valence-corrected chi connectivity index (χ2v) is 9.40. The van der Waals surface area contributed by atoms with E-state index in [0.717, 1.165) is 24.1 Å². The van der Waals surface area contributed by atoms with E-state index in [1.54, 1.807) is 19.1 Å². The van der Waals surface area contributed by atoms with Crippen LogP contribution in [0.3, 0.4) is 0 Å². The number of sulfonamides is 1. The van der Waals surface area contributed by atoms with Crippen LogP contribution in [0.15, 0.2) is 45.8 Å². The monoisotopic (exact) mass is 421 g/mol. The lowest BCUT2D eigenvalue weighted by Gasteiger charge is -2.26. The minimum atomic E-state index is -3.57. The molecular formula is C19H23N3O4S2. The molecule has 1 aliphatic heterocycles. The molecule has 1 N–H and O–H groups in total. The minimum Gasteiger partial charge on any atom is -0.386 e. The highest BCUT2D eigenvalue weighted by atomic mass is 32.2. The van der Waals surface area contributed by atoms with Gasteiger partial charge in [-0.25, -0.2) is 8.42 Å². The number of amides is 1. The molecule has 2 heterocycles. The topological polar surface area (TPSA) is 88.1 Å². The molecule has 1 aliphatic rings. The highest BCUT2D eigenvalue weighted by Gasteiger charge is 2.27. The zero-order chi connectivity index (χ0) is 20.0. The normalized spacial score (nSPS) is 15.6. The summed E-state index contributed by atoms with van der Waals surface area (Å²) >= 11 is 1.51. The summed E-state index contributed by atoms with van der Waals surface area (Å²) in [7, 11) is -3.57. The molecule has 0 bridgehead atoms. The largest absolute Gasteiger partial charge is 0.386 e. The van der Waals surface area contributed by atoms with Crippen molar-refractivity contribution in [1.82, 2.24) is 4.31 Å². The van der Waals surface area contributed by atoms with Gasteiger partial charge < -0.3 is 10.2 Å². The molecule has 3 rings (SSSR count). The summed E-state index contributed by atoms with van der Waals surface area (Å²) in [5.41, 5.74) is 1.07. The zero-order valence-electron chi connectivity index (χ0n) is 15.6. The molecule has 150 valence electrons. The Bertz CT molecular complexity index is 934. The van der Waals surface area contributed by atoms with Gasteiger partial charge in [0.1, 0.15) is 0 Å². The van der Waals surface area contributed by atoms with Gasteiger partial charge in [0.05, 0.1) is 11.1 Å². The fourth-order valence-electron chi connectivity index (χ4n) is 2.95. The van der Waals surface area contributed by atoms with Gasteiger partial charge in [-0.2, -0.15) is 4.31 Å². The van der Waals surface area contributed by atoms with E-state index in [0.29, 0.717) is 24.3 Å². The molecule has 2 aromatic rings. The van der Waals surface area contributed by atoms with Crippen LogP contribution >= 0.6 is 11.3 Å². The summed E-state index contributed by atoms with van der Waals surface area (Å²) in [4.78, 5) is 18.2. The van der Waals surface area contributed by atoms with Crippen molar-refractivity contribution in [2.24, 2.45) is 5.16 Å². The molecular weight excluding hydrogens is 398 g/mol. The first kappa shape index (κ1) is 20.5. The van der Waals surface area contributed by atoms with Crippen LogP contribution < -0.4 is 5.32 Å². The standard InChI is InChI=1S/C19H23N3O4S2/c1-15-7-8-16(12-18(15)28(24,25)22-9-3-2-4-10-22)21-19(23)14-26-20-13-17-6-5-11-27-17/h5-8,11-13H,2-4,9-10,14H2,1H3,(H,21,23). The van der Waals surface area contributed by atoms with Crippen LogP contribution in [0.25, 0.3) is 0 Å². The van der Waals surface area contributed by atoms with Gasteiger partial charge in [0.2, 0.25) is 10.0 Å². The van der Waals surface area contributed by atoms with Crippen LogP contribution in [-0.2, 0) is 19.7 Å². The second-order valence-electron chi connectivity index (χ2n) is 6.52. The Balaban J connectivity index is 1.63. The maximum atomic E-state index is 12.9. The predicted molar refractivity (Wildman–Crippen MR) is 110 cm³/mol. The third-order valence-corrected chi connectivity index (χ3v) is 7.25. The van der Waals surface area contributed by atoms with Gasteiger partial charge >= 0.3 is 0 Å². The zero-order valence-corrected chi connectivity index (χ0v) is 17.3. The Kier molecular flexibility index (Phi) is 6.82. The molecule has 1 aromatic carbocycles. The number of benzene rings is 1. The first-order valence-electron chi connectivity index (χ1n) is 9.06. The summed E-state index contributed by atoms with van der Waals surface area (Å²) in [6.07, 6.45) is 4.33. The summed E-state index contributed by atoms with van der Waals surface area (Å²) < 4.78 is 27.4. The Hall–Kier alpha value is -2.23. The van der Waals surface area contributed by atoms with Crippen molar-refractivity contribution in [1.29, 1.82) is 0 Å². The van der Waals surface area contributed by atoms with Crippen molar-refractivity contribution >= 4 is 39.2 Å². The molecule has 0 atom stereocenters. The fourth-order valence-corrected chi connectivity index (χ4v) is 5.29. The van der Waals surface area contributed by atoms with E-state index < -0.39 is 15.9 Å². The molecule has 9 heteroatoms. The number of anilines is 1. The van der Waals surface area contributed by atoms with E-state index in [4.69, 9.17) is 4.84 Å². The highest BCUT2D eigenvalue weighted by Crippen LogP contribution is 2.26. The molecule has 0 aliphatic carbocycles. The van der Waals surface area contributed by atoms with E-state index in [1.165, 1.54) is 27.9 Å². The number of nitrogens with one attached hydrogen (secondary N) is 1. The van der Waals surface area contributed by atoms with Crippen LogP contribution in [0.2, 0.25) is 0 Å². The number of piperidine rings is 1. The summed E-state index contributed by atoms with van der Waals surface area (Å²) in [6, 6.07) is 8.66. The number of aryl methyl sites for hydroxylation is 1. The van der Waals surface area contributed by atoms with Crippen molar-refractivity contribution in [3.8, 4) is 0 Å². The van der Waals surface area contributed by atoms with Crippen molar-refractivity contribution in [2.45, 2.75) is 31.1 Å². The molecule has 0 radical (unpaired) electrons. The SMILES string of the molecule is Cc1ccc(NC(=O)CON=Cc2cccs2)cc1S(=O)(=O)N1CCCCC1. The molecule has 0 unspecified atom stereocenters. The Morgan fingerprint density at radius 3 is 2.79 bits per heavy atom. The number of rotatable bonds is 7. The molecule has 1 saturated heterocycles. The van der Waals surface area contributed by atoms with Gasteiger partial charge in [0, 0.05) is 23.7 Å². The third-order valence-electron chi connectivity index (χ3n) is 4.40. The van der Waals surface area contributed by atoms with Crippen molar-refractivity contribution < 1.29 is 18.0 Å². The smallest absolute Gasteiger partial charge is 0.265 e. The highest BCUT2D eigenvalue weighted by molar-refractivity contribution is 7.89. The fraction of sp³-hybridized carbons (Fsp3) is 0.368. The summed E-state index contributed by atoms with van der Waals surface area (Å²) in [5, 5.41) is 8.33. The first-order chi connectivity index (χ1) is 13.5. The average Bonchev–Trinajstić information content (AvgIpc) is 3.21.